The molecule has 0 amide bonds. The van der Waals surface area contributed by atoms with Crippen molar-refractivity contribution in [1.82, 2.24) is 9.80 Å². The Bertz CT molecular complexity index is 486. The highest BCUT2D eigenvalue weighted by molar-refractivity contribution is 5.37. The van der Waals surface area contributed by atoms with Gasteiger partial charge in [0.1, 0.15) is 0 Å². The average molecular weight is 271 g/mol. The van der Waals surface area contributed by atoms with Gasteiger partial charge in [0, 0.05) is 24.7 Å². The number of nitrogens with zero attached hydrogens (tertiary/aromatic N) is 2. The standard InChI is InChI=1S/C17H25N3/c1-19(14-17-9-5-11-20(17)2)13-16-7-3-6-15(12-16)8-4-10-18/h3,6-7,12,17H,5,9-11,13-14,18H2,1-2H3. The normalized spacial score (nSPS) is 19.1. The Kier molecular flexibility index (Phi) is 5.60. The molecule has 1 fully saturated rings. The van der Waals surface area contributed by atoms with Gasteiger partial charge in [-0.1, -0.05) is 24.0 Å². The lowest BCUT2D eigenvalue weighted by Crippen LogP contribution is -2.36. The van der Waals surface area contributed by atoms with Crippen LogP contribution in [0, 0.1) is 11.8 Å². The van der Waals surface area contributed by atoms with Gasteiger partial charge in [-0.15, -0.1) is 0 Å². The summed E-state index contributed by atoms with van der Waals surface area (Å²) < 4.78 is 0. The molecule has 0 radical (unpaired) electrons. The van der Waals surface area contributed by atoms with E-state index in [0.29, 0.717) is 12.6 Å². The van der Waals surface area contributed by atoms with Crippen molar-refractivity contribution in [2.45, 2.75) is 25.4 Å². The van der Waals surface area contributed by atoms with E-state index in [1.165, 1.54) is 24.9 Å². The Labute approximate surface area is 122 Å². The first-order valence-electron chi connectivity index (χ1n) is 7.35. The highest BCUT2D eigenvalue weighted by Gasteiger charge is 2.21. The molecule has 20 heavy (non-hydrogen) atoms. The van der Waals surface area contributed by atoms with Crippen LogP contribution in [-0.2, 0) is 6.54 Å². The van der Waals surface area contributed by atoms with Crippen LogP contribution < -0.4 is 5.73 Å². The number of likely N-dealkylation sites (N-methyl/N-ethyl adjacent to an activating group) is 2. The molecule has 3 nitrogen and oxygen atoms in total. The summed E-state index contributed by atoms with van der Waals surface area (Å²) in [5.41, 5.74) is 7.78. The first-order valence-corrected chi connectivity index (χ1v) is 7.35. The summed E-state index contributed by atoms with van der Waals surface area (Å²) in [4.78, 5) is 4.88. The van der Waals surface area contributed by atoms with Crippen molar-refractivity contribution in [2.24, 2.45) is 5.73 Å². The maximum Gasteiger partial charge on any atom is 0.0555 e. The smallest absolute Gasteiger partial charge is 0.0555 e. The largest absolute Gasteiger partial charge is 0.320 e. The van der Waals surface area contributed by atoms with Crippen LogP contribution >= 0.6 is 0 Å². The number of hydrogen-bond acceptors (Lipinski definition) is 3. The van der Waals surface area contributed by atoms with E-state index >= 15 is 0 Å². The van der Waals surface area contributed by atoms with E-state index in [4.69, 9.17) is 5.73 Å². The average Bonchev–Trinajstić information content (AvgIpc) is 2.82. The van der Waals surface area contributed by atoms with Gasteiger partial charge in [0.2, 0.25) is 0 Å². The van der Waals surface area contributed by atoms with Gasteiger partial charge < -0.3 is 15.5 Å². The minimum absolute atomic E-state index is 0.415. The lowest BCUT2D eigenvalue weighted by atomic mass is 10.1. The molecule has 0 spiro atoms. The van der Waals surface area contributed by atoms with Crippen LogP contribution in [0.4, 0.5) is 0 Å². The fourth-order valence-electron chi connectivity index (χ4n) is 2.85. The Balaban J connectivity index is 1.91. The van der Waals surface area contributed by atoms with Gasteiger partial charge in [-0.3, -0.25) is 0 Å². The number of benzene rings is 1. The summed E-state index contributed by atoms with van der Waals surface area (Å²) in [6.45, 7) is 3.76. The van der Waals surface area contributed by atoms with Crippen LogP contribution in [0.15, 0.2) is 24.3 Å². The van der Waals surface area contributed by atoms with Crippen molar-refractivity contribution >= 4 is 0 Å². The highest BCUT2D eigenvalue weighted by Crippen LogP contribution is 2.16. The van der Waals surface area contributed by atoms with Gasteiger partial charge in [0.15, 0.2) is 0 Å². The molecule has 1 aliphatic heterocycles. The number of nitrogens with two attached hydrogens (primary N) is 1. The lowest BCUT2D eigenvalue weighted by molar-refractivity contribution is 0.215. The summed E-state index contributed by atoms with van der Waals surface area (Å²) in [7, 11) is 4.43. The molecule has 3 heteroatoms. The van der Waals surface area contributed by atoms with Crippen molar-refractivity contribution in [3.63, 3.8) is 0 Å². The van der Waals surface area contributed by atoms with Gasteiger partial charge in [0.05, 0.1) is 6.54 Å². The predicted octanol–water partition coefficient (Wildman–Crippen LogP) is 1.52. The Morgan fingerprint density at radius 2 is 2.30 bits per heavy atom. The molecule has 0 bridgehead atoms. The predicted molar refractivity (Wildman–Crippen MR) is 84.4 cm³/mol. The molecule has 108 valence electrons. The van der Waals surface area contributed by atoms with E-state index in [1.807, 2.05) is 6.07 Å². The minimum atomic E-state index is 0.415. The number of likely N-dealkylation sites (tertiary alicyclic amines) is 1. The second-order valence-electron chi connectivity index (χ2n) is 5.68. The third-order valence-electron chi connectivity index (χ3n) is 3.91. The van der Waals surface area contributed by atoms with Crippen molar-refractivity contribution in [3.05, 3.63) is 35.4 Å². The lowest BCUT2D eigenvalue weighted by Gasteiger charge is -2.25. The fraction of sp³-hybridized carbons (Fsp3) is 0.529. The summed E-state index contributed by atoms with van der Waals surface area (Å²) in [5.74, 6) is 6.00. The van der Waals surface area contributed by atoms with Crippen molar-refractivity contribution in [1.29, 1.82) is 0 Å². The molecular weight excluding hydrogens is 246 g/mol. The van der Waals surface area contributed by atoms with Crippen molar-refractivity contribution in [2.75, 3.05) is 33.7 Å². The summed E-state index contributed by atoms with van der Waals surface area (Å²) in [5, 5.41) is 0. The molecule has 0 saturated carbocycles. The van der Waals surface area contributed by atoms with E-state index in [0.717, 1.165) is 18.7 Å². The van der Waals surface area contributed by atoms with Gasteiger partial charge in [-0.2, -0.15) is 0 Å². The van der Waals surface area contributed by atoms with Crippen LogP contribution in [0.25, 0.3) is 0 Å². The van der Waals surface area contributed by atoms with Crippen molar-refractivity contribution < 1.29 is 0 Å². The maximum absolute atomic E-state index is 5.41. The molecule has 1 atom stereocenters. The first kappa shape index (κ1) is 15.1. The topological polar surface area (TPSA) is 32.5 Å². The van der Waals surface area contributed by atoms with E-state index in [-0.39, 0.29) is 0 Å². The molecule has 2 N–H and O–H groups in total. The van der Waals surface area contributed by atoms with Crippen LogP contribution in [0.3, 0.4) is 0 Å². The monoisotopic (exact) mass is 271 g/mol. The third-order valence-corrected chi connectivity index (χ3v) is 3.91. The molecule has 1 heterocycles. The van der Waals surface area contributed by atoms with Crippen LogP contribution in [-0.4, -0.2) is 49.6 Å². The third kappa shape index (κ3) is 4.35. The minimum Gasteiger partial charge on any atom is -0.320 e. The van der Waals surface area contributed by atoms with Gasteiger partial charge in [-0.05, 0) is 51.2 Å². The van der Waals surface area contributed by atoms with Crippen molar-refractivity contribution in [3.8, 4) is 11.8 Å². The van der Waals surface area contributed by atoms with Gasteiger partial charge in [-0.25, -0.2) is 0 Å². The molecule has 1 aromatic rings. The SMILES string of the molecule is CN(Cc1cccc(C#CCN)c1)CC1CCCN1C. The molecule has 1 saturated heterocycles. The highest BCUT2D eigenvalue weighted by atomic mass is 15.2. The molecular formula is C17H25N3. The zero-order valence-corrected chi connectivity index (χ0v) is 12.6. The summed E-state index contributed by atoms with van der Waals surface area (Å²) in [6, 6.07) is 9.16. The summed E-state index contributed by atoms with van der Waals surface area (Å²) in [6.07, 6.45) is 2.65. The van der Waals surface area contributed by atoms with E-state index < -0.39 is 0 Å². The van der Waals surface area contributed by atoms with Crippen LogP contribution in [0.1, 0.15) is 24.0 Å². The van der Waals surface area contributed by atoms with Gasteiger partial charge >= 0.3 is 0 Å². The zero-order chi connectivity index (χ0) is 14.4. The molecule has 1 unspecified atom stereocenters. The fourth-order valence-corrected chi connectivity index (χ4v) is 2.85. The molecule has 0 aliphatic carbocycles. The van der Waals surface area contributed by atoms with E-state index in [9.17, 15) is 0 Å². The summed E-state index contributed by atoms with van der Waals surface area (Å²) >= 11 is 0. The Morgan fingerprint density at radius 1 is 1.45 bits per heavy atom. The maximum atomic E-state index is 5.41. The van der Waals surface area contributed by atoms with E-state index in [2.05, 4.69) is 53.9 Å². The number of rotatable bonds is 4. The molecule has 0 aromatic heterocycles. The molecule has 1 aliphatic rings. The Hall–Kier alpha value is -1.34. The quantitative estimate of drug-likeness (QED) is 0.843. The van der Waals surface area contributed by atoms with Crippen LogP contribution in [0.5, 0.6) is 0 Å². The number of hydrogen-bond donors (Lipinski definition) is 1. The second kappa shape index (κ2) is 7.44. The zero-order valence-electron chi connectivity index (χ0n) is 12.6. The molecule has 2 rings (SSSR count). The molecule has 1 aromatic carbocycles. The van der Waals surface area contributed by atoms with E-state index in [1.54, 1.807) is 0 Å². The van der Waals surface area contributed by atoms with Crippen LogP contribution in [0.2, 0.25) is 0 Å². The second-order valence-corrected chi connectivity index (χ2v) is 5.68. The van der Waals surface area contributed by atoms with Gasteiger partial charge in [0.25, 0.3) is 0 Å². The Morgan fingerprint density at radius 3 is 3.00 bits per heavy atom. The first-order chi connectivity index (χ1) is 9.69.